The summed E-state index contributed by atoms with van der Waals surface area (Å²) in [6, 6.07) is 3.67. The molecular formula is C22H20ClFN2O4. The van der Waals surface area contributed by atoms with Gasteiger partial charge >= 0.3 is 5.97 Å². The van der Waals surface area contributed by atoms with Gasteiger partial charge < -0.3 is 19.6 Å². The van der Waals surface area contributed by atoms with E-state index in [0.29, 0.717) is 38.5 Å². The smallest absolute Gasteiger partial charge is 0.331 e. The van der Waals surface area contributed by atoms with Gasteiger partial charge in [-0.2, -0.15) is 4.98 Å². The monoisotopic (exact) mass is 430 g/mol. The Bertz CT molecular complexity index is 1130. The standard InChI is InChI=1S/C22H20ClFN2O4/c1-11-3-4-13(7-15(11)21(27)28)30-22-25-19-9-16(17(23)10-20(19)26-22)14-6-5-12(29-2)8-18(14)24/h3-6,8-10,13-14,18H,7H2,1-2H3,(H,25,26)(H,27,28). The lowest BCUT2D eigenvalue weighted by Gasteiger charge is -2.21. The third-order valence-electron chi connectivity index (χ3n) is 5.27. The second-order valence-electron chi connectivity index (χ2n) is 7.22. The summed E-state index contributed by atoms with van der Waals surface area (Å²) >= 11 is 6.41. The van der Waals surface area contributed by atoms with Crippen LogP contribution in [0.2, 0.25) is 5.02 Å². The lowest BCUT2D eigenvalue weighted by molar-refractivity contribution is -0.133. The summed E-state index contributed by atoms with van der Waals surface area (Å²) in [7, 11) is 1.49. The molecule has 3 unspecified atom stereocenters. The number of carboxylic acid groups (broad SMARTS) is 1. The van der Waals surface area contributed by atoms with Crippen molar-refractivity contribution in [1.82, 2.24) is 9.97 Å². The van der Waals surface area contributed by atoms with Crippen LogP contribution in [-0.4, -0.2) is 40.4 Å². The SMILES string of the molecule is COC1=CC(F)C(c2cc3[nH]c(OC4C=CC(C)=C(C(=O)O)C4)nc3cc2Cl)C=C1. The molecule has 2 aromatic rings. The Kier molecular flexibility index (Phi) is 5.39. The number of benzene rings is 1. The van der Waals surface area contributed by atoms with E-state index in [-0.39, 0.29) is 12.4 Å². The largest absolute Gasteiger partial charge is 0.497 e. The number of nitrogens with one attached hydrogen (secondary N) is 1. The predicted molar refractivity (Wildman–Crippen MR) is 111 cm³/mol. The first-order chi connectivity index (χ1) is 14.4. The van der Waals surface area contributed by atoms with Gasteiger partial charge in [0, 0.05) is 22.9 Å². The first kappa shape index (κ1) is 20.2. The van der Waals surface area contributed by atoms with Crippen molar-refractivity contribution in [3.63, 3.8) is 0 Å². The Morgan fingerprint density at radius 1 is 1.33 bits per heavy atom. The minimum atomic E-state index is -1.27. The zero-order valence-electron chi connectivity index (χ0n) is 16.4. The molecule has 0 bridgehead atoms. The minimum absolute atomic E-state index is 0.241. The zero-order valence-corrected chi connectivity index (χ0v) is 17.1. The highest BCUT2D eigenvalue weighted by atomic mass is 35.5. The van der Waals surface area contributed by atoms with E-state index in [9.17, 15) is 14.3 Å². The molecule has 1 aromatic carbocycles. The molecule has 1 heterocycles. The fourth-order valence-electron chi connectivity index (χ4n) is 3.63. The summed E-state index contributed by atoms with van der Waals surface area (Å²) in [5, 5.41) is 9.71. The number of hydrogen-bond donors (Lipinski definition) is 2. The summed E-state index contributed by atoms with van der Waals surface area (Å²) in [6.07, 6.45) is 6.90. The van der Waals surface area contributed by atoms with Gasteiger partial charge in [-0.1, -0.05) is 23.8 Å². The van der Waals surface area contributed by atoms with Gasteiger partial charge in [-0.25, -0.2) is 9.18 Å². The van der Waals surface area contributed by atoms with E-state index >= 15 is 0 Å². The molecule has 0 spiro atoms. The van der Waals surface area contributed by atoms with E-state index < -0.39 is 24.2 Å². The topological polar surface area (TPSA) is 84.4 Å². The molecule has 8 heteroatoms. The number of H-pyrrole nitrogens is 1. The normalized spacial score (nSPS) is 23.6. The summed E-state index contributed by atoms with van der Waals surface area (Å²) in [5.74, 6) is -1.03. The quantitative estimate of drug-likeness (QED) is 0.708. The van der Waals surface area contributed by atoms with Crippen LogP contribution in [0.15, 0.2) is 59.4 Å². The average Bonchev–Trinajstić information content (AvgIpc) is 3.09. The van der Waals surface area contributed by atoms with Gasteiger partial charge in [0.25, 0.3) is 6.01 Å². The molecule has 3 atom stereocenters. The number of fused-ring (bicyclic) bond motifs is 1. The third kappa shape index (κ3) is 3.85. The fourth-order valence-corrected chi connectivity index (χ4v) is 3.91. The molecule has 1 aromatic heterocycles. The molecule has 0 amide bonds. The number of rotatable bonds is 5. The summed E-state index contributed by atoms with van der Waals surface area (Å²) in [5.41, 5.74) is 2.86. The molecule has 0 saturated carbocycles. The van der Waals surface area contributed by atoms with Crippen LogP contribution in [0.5, 0.6) is 6.01 Å². The molecule has 6 nitrogen and oxygen atoms in total. The van der Waals surface area contributed by atoms with Crippen LogP contribution in [0.25, 0.3) is 11.0 Å². The molecule has 30 heavy (non-hydrogen) atoms. The van der Waals surface area contributed by atoms with Crippen LogP contribution in [0.1, 0.15) is 24.8 Å². The number of hydrogen-bond acceptors (Lipinski definition) is 4. The number of methoxy groups -OCH3 is 1. The van der Waals surface area contributed by atoms with Crippen molar-refractivity contribution in [3.8, 4) is 6.01 Å². The molecule has 2 aliphatic carbocycles. The van der Waals surface area contributed by atoms with Gasteiger partial charge in [0.05, 0.1) is 18.1 Å². The van der Waals surface area contributed by atoms with Crippen LogP contribution in [0, 0.1) is 0 Å². The van der Waals surface area contributed by atoms with E-state index in [4.69, 9.17) is 21.1 Å². The number of alkyl halides is 1. The maximum atomic E-state index is 14.6. The second-order valence-corrected chi connectivity index (χ2v) is 7.63. The van der Waals surface area contributed by atoms with Gasteiger partial charge in [0.2, 0.25) is 0 Å². The second kappa shape index (κ2) is 7.99. The minimum Gasteiger partial charge on any atom is -0.497 e. The van der Waals surface area contributed by atoms with Crippen molar-refractivity contribution >= 4 is 28.6 Å². The van der Waals surface area contributed by atoms with E-state index in [1.54, 1.807) is 43.4 Å². The van der Waals surface area contributed by atoms with Gasteiger partial charge in [0.1, 0.15) is 18.0 Å². The molecule has 0 saturated heterocycles. The van der Waals surface area contributed by atoms with Gasteiger partial charge in [-0.3, -0.25) is 0 Å². The molecule has 0 fully saturated rings. The highest BCUT2D eigenvalue weighted by Crippen LogP contribution is 2.36. The van der Waals surface area contributed by atoms with Crippen molar-refractivity contribution in [1.29, 1.82) is 0 Å². The Labute approximate surface area is 177 Å². The summed E-state index contributed by atoms with van der Waals surface area (Å²) in [6.45, 7) is 1.75. The van der Waals surface area contributed by atoms with E-state index in [0.717, 1.165) is 0 Å². The number of allylic oxidation sites excluding steroid dienone is 5. The van der Waals surface area contributed by atoms with Gasteiger partial charge in [-0.05, 0) is 48.4 Å². The Morgan fingerprint density at radius 3 is 2.83 bits per heavy atom. The predicted octanol–water partition coefficient (Wildman–Crippen LogP) is 4.85. The lowest BCUT2D eigenvalue weighted by Crippen LogP contribution is -2.21. The Balaban J connectivity index is 1.57. The van der Waals surface area contributed by atoms with Crippen LogP contribution in [0.4, 0.5) is 4.39 Å². The Hall–Kier alpha value is -3.06. The molecule has 2 N–H and O–H groups in total. The van der Waals surface area contributed by atoms with Gasteiger partial charge in [0.15, 0.2) is 0 Å². The first-order valence-corrected chi connectivity index (χ1v) is 9.78. The zero-order chi connectivity index (χ0) is 21.4. The number of ether oxygens (including phenoxy) is 2. The van der Waals surface area contributed by atoms with E-state index in [2.05, 4.69) is 9.97 Å². The maximum Gasteiger partial charge on any atom is 0.331 e. The number of nitrogens with zero attached hydrogens (tertiary/aromatic N) is 1. The van der Waals surface area contributed by atoms with Gasteiger partial charge in [-0.15, -0.1) is 0 Å². The fraction of sp³-hybridized carbons (Fsp3) is 0.273. The van der Waals surface area contributed by atoms with Crippen LogP contribution < -0.4 is 4.74 Å². The number of aromatic nitrogens is 2. The van der Waals surface area contributed by atoms with Crippen molar-refractivity contribution in [3.05, 3.63) is 70.0 Å². The van der Waals surface area contributed by atoms with E-state index in [1.165, 1.54) is 13.2 Å². The number of aliphatic carboxylic acids is 1. The number of imidazole rings is 1. The van der Waals surface area contributed by atoms with Crippen LogP contribution in [-0.2, 0) is 9.53 Å². The molecule has 0 radical (unpaired) electrons. The number of carboxylic acids is 1. The molecule has 4 rings (SSSR count). The molecule has 156 valence electrons. The first-order valence-electron chi connectivity index (χ1n) is 9.41. The molecular weight excluding hydrogens is 411 g/mol. The van der Waals surface area contributed by atoms with Crippen molar-refractivity contribution < 1.29 is 23.8 Å². The van der Waals surface area contributed by atoms with Crippen LogP contribution >= 0.6 is 11.6 Å². The van der Waals surface area contributed by atoms with Crippen molar-refractivity contribution in [2.24, 2.45) is 0 Å². The molecule has 0 aliphatic heterocycles. The third-order valence-corrected chi connectivity index (χ3v) is 5.60. The summed E-state index contributed by atoms with van der Waals surface area (Å²) in [4.78, 5) is 18.8. The number of carbonyl (C=O) groups is 1. The number of aromatic amines is 1. The molecule has 2 aliphatic rings. The highest BCUT2D eigenvalue weighted by Gasteiger charge is 2.26. The van der Waals surface area contributed by atoms with E-state index in [1.807, 2.05) is 0 Å². The Morgan fingerprint density at radius 2 is 2.13 bits per heavy atom. The number of halogens is 2. The maximum absolute atomic E-state index is 14.6. The highest BCUT2D eigenvalue weighted by molar-refractivity contribution is 6.32. The average molecular weight is 431 g/mol. The lowest BCUT2D eigenvalue weighted by atomic mass is 9.90. The van der Waals surface area contributed by atoms with Crippen molar-refractivity contribution in [2.45, 2.75) is 31.5 Å². The van der Waals surface area contributed by atoms with Crippen LogP contribution in [0.3, 0.4) is 0 Å². The summed E-state index contributed by atoms with van der Waals surface area (Å²) < 4.78 is 25.5. The van der Waals surface area contributed by atoms with Crippen molar-refractivity contribution in [2.75, 3.05) is 7.11 Å².